The van der Waals surface area contributed by atoms with Crippen LogP contribution in [0.5, 0.6) is 0 Å². The summed E-state index contributed by atoms with van der Waals surface area (Å²) in [6.45, 7) is 4.40. The van der Waals surface area contributed by atoms with Gasteiger partial charge in [0.05, 0.1) is 15.8 Å². The van der Waals surface area contributed by atoms with Crippen LogP contribution in [0.15, 0.2) is 42.7 Å². The first kappa shape index (κ1) is 14.7. The van der Waals surface area contributed by atoms with Gasteiger partial charge in [0.2, 0.25) is 0 Å². The molecule has 0 aliphatic rings. The predicted molar refractivity (Wildman–Crippen MR) is 90.5 cm³/mol. The van der Waals surface area contributed by atoms with Gasteiger partial charge < -0.3 is 0 Å². The molecule has 0 bridgehead atoms. The van der Waals surface area contributed by atoms with E-state index in [0.29, 0.717) is 16.6 Å². The lowest BCUT2D eigenvalue weighted by molar-refractivity contribution is 0.102. The Bertz CT molecular complexity index is 798. The van der Waals surface area contributed by atoms with Crippen molar-refractivity contribution in [1.82, 2.24) is 9.97 Å². The van der Waals surface area contributed by atoms with E-state index in [9.17, 15) is 4.79 Å². The number of rotatable bonds is 4. The molecule has 1 N–H and O–H groups in total. The number of nitrogens with one attached hydrogen (secondary N) is 1. The van der Waals surface area contributed by atoms with Crippen LogP contribution in [0.1, 0.15) is 42.1 Å². The summed E-state index contributed by atoms with van der Waals surface area (Å²) in [6.07, 6.45) is 4.30. The zero-order chi connectivity index (χ0) is 15.5. The fourth-order valence-corrected chi connectivity index (χ4v) is 3.11. The molecule has 0 aliphatic carbocycles. The van der Waals surface area contributed by atoms with Crippen molar-refractivity contribution >= 4 is 32.6 Å². The fraction of sp³-hybridized carbons (Fsp3) is 0.235. The smallest absolute Gasteiger partial charge is 0.259 e. The first-order valence-electron chi connectivity index (χ1n) is 7.29. The zero-order valence-corrected chi connectivity index (χ0v) is 13.4. The Hall–Kier alpha value is -2.27. The van der Waals surface area contributed by atoms with E-state index in [4.69, 9.17) is 0 Å². The molecule has 0 aliphatic heterocycles. The Morgan fingerprint density at radius 2 is 2.23 bits per heavy atom. The van der Waals surface area contributed by atoms with E-state index in [0.717, 1.165) is 16.6 Å². The van der Waals surface area contributed by atoms with Gasteiger partial charge in [-0.15, -0.1) is 0 Å². The second kappa shape index (κ2) is 6.23. The average Bonchev–Trinajstić information content (AvgIpc) is 2.96. The third kappa shape index (κ3) is 2.99. The highest BCUT2D eigenvalue weighted by Gasteiger charge is 2.11. The number of amides is 1. The summed E-state index contributed by atoms with van der Waals surface area (Å²) in [4.78, 5) is 20.6. The van der Waals surface area contributed by atoms with Crippen LogP contribution in [0.4, 0.5) is 5.13 Å². The van der Waals surface area contributed by atoms with Crippen LogP contribution in [0.2, 0.25) is 0 Å². The lowest BCUT2D eigenvalue weighted by atomic mass is 9.99. The number of anilines is 1. The van der Waals surface area contributed by atoms with E-state index in [1.807, 2.05) is 6.07 Å². The van der Waals surface area contributed by atoms with Crippen molar-refractivity contribution in [2.45, 2.75) is 26.2 Å². The molecule has 4 nitrogen and oxygen atoms in total. The van der Waals surface area contributed by atoms with Crippen LogP contribution in [0.3, 0.4) is 0 Å². The third-order valence-electron chi connectivity index (χ3n) is 3.74. The normalized spacial score (nSPS) is 12.3. The number of thiazole rings is 1. The maximum absolute atomic E-state index is 12.1. The van der Waals surface area contributed by atoms with Gasteiger partial charge in [0.1, 0.15) is 0 Å². The van der Waals surface area contributed by atoms with Gasteiger partial charge in [0.15, 0.2) is 5.13 Å². The molecule has 2 aromatic heterocycles. The molecular weight excluding hydrogens is 294 g/mol. The Morgan fingerprint density at radius 1 is 1.36 bits per heavy atom. The van der Waals surface area contributed by atoms with Gasteiger partial charge in [-0.1, -0.05) is 31.3 Å². The molecule has 0 saturated carbocycles. The van der Waals surface area contributed by atoms with Crippen LogP contribution < -0.4 is 5.32 Å². The summed E-state index contributed by atoms with van der Waals surface area (Å²) >= 11 is 1.50. The number of carbonyl (C=O) groups excluding carboxylic acids is 1. The number of fused-ring (bicyclic) bond motifs is 1. The largest absolute Gasteiger partial charge is 0.298 e. The Kier molecular flexibility index (Phi) is 4.15. The second-order valence-corrected chi connectivity index (χ2v) is 6.28. The van der Waals surface area contributed by atoms with Gasteiger partial charge >= 0.3 is 0 Å². The minimum absolute atomic E-state index is 0.186. The maximum atomic E-state index is 12.1. The molecule has 0 saturated heterocycles. The number of hydrogen-bond donors (Lipinski definition) is 1. The van der Waals surface area contributed by atoms with Gasteiger partial charge in [-0.3, -0.25) is 15.1 Å². The lowest BCUT2D eigenvalue weighted by Gasteiger charge is -2.07. The minimum Gasteiger partial charge on any atom is -0.298 e. The molecule has 1 aromatic carbocycles. The Morgan fingerprint density at radius 3 is 2.95 bits per heavy atom. The summed E-state index contributed by atoms with van der Waals surface area (Å²) in [5, 5.41) is 3.45. The molecule has 3 aromatic rings. The molecule has 0 spiro atoms. The Labute approximate surface area is 133 Å². The van der Waals surface area contributed by atoms with Crippen molar-refractivity contribution in [1.29, 1.82) is 0 Å². The highest BCUT2D eigenvalue weighted by atomic mass is 32.1. The van der Waals surface area contributed by atoms with Crippen LogP contribution in [0.25, 0.3) is 10.2 Å². The van der Waals surface area contributed by atoms with Crippen LogP contribution in [-0.4, -0.2) is 15.9 Å². The molecule has 112 valence electrons. The number of pyridine rings is 1. The van der Waals surface area contributed by atoms with E-state index in [2.05, 4.69) is 41.3 Å². The first-order valence-corrected chi connectivity index (χ1v) is 8.11. The van der Waals surface area contributed by atoms with Gasteiger partial charge in [0.25, 0.3) is 5.91 Å². The van der Waals surface area contributed by atoms with Crippen molar-refractivity contribution < 1.29 is 4.79 Å². The van der Waals surface area contributed by atoms with Crippen LogP contribution >= 0.6 is 11.3 Å². The van der Waals surface area contributed by atoms with Crippen molar-refractivity contribution in [3.8, 4) is 0 Å². The van der Waals surface area contributed by atoms with Crippen molar-refractivity contribution in [2.24, 2.45) is 0 Å². The first-order chi connectivity index (χ1) is 10.7. The number of nitrogens with zero attached hydrogens (tertiary/aromatic N) is 2. The molecule has 1 amide bonds. The zero-order valence-electron chi connectivity index (χ0n) is 12.5. The monoisotopic (exact) mass is 311 g/mol. The summed E-state index contributed by atoms with van der Waals surface area (Å²) in [6, 6.07) is 9.78. The summed E-state index contributed by atoms with van der Waals surface area (Å²) in [5.74, 6) is 0.342. The summed E-state index contributed by atoms with van der Waals surface area (Å²) in [5.41, 5.74) is 2.75. The number of aromatic nitrogens is 2. The van der Waals surface area contributed by atoms with E-state index in [-0.39, 0.29) is 5.91 Å². The van der Waals surface area contributed by atoms with E-state index >= 15 is 0 Å². The standard InChI is InChI=1S/C17H17N3OS/c1-3-11(2)12-6-7-14-15(9-12)22-17(19-14)20-16(21)13-5-4-8-18-10-13/h4-11H,3H2,1-2H3,(H,19,20,21). The molecule has 0 fully saturated rings. The molecule has 1 unspecified atom stereocenters. The van der Waals surface area contributed by atoms with Crippen LogP contribution in [-0.2, 0) is 0 Å². The van der Waals surface area contributed by atoms with Gasteiger partial charge in [0, 0.05) is 12.4 Å². The molecule has 22 heavy (non-hydrogen) atoms. The molecule has 5 heteroatoms. The minimum atomic E-state index is -0.186. The van der Waals surface area contributed by atoms with Crippen molar-refractivity contribution in [3.05, 3.63) is 53.9 Å². The summed E-state index contributed by atoms with van der Waals surface area (Å²) in [7, 11) is 0. The third-order valence-corrected chi connectivity index (χ3v) is 4.67. The fourth-order valence-electron chi connectivity index (χ4n) is 2.20. The molecular formula is C17H17N3OS. The van der Waals surface area contributed by atoms with E-state index in [1.165, 1.54) is 16.9 Å². The molecule has 3 rings (SSSR count). The van der Waals surface area contributed by atoms with Gasteiger partial charge in [-0.05, 0) is 42.2 Å². The van der Waals surface area contributed by atoms with E-state index in [1.54, 1.807) is 24.5 Å². The molecule has 0 radical (unpaired) electrons. The molecule has 1 atom stereocenters. The number of hydrogen-bond acceptors (Lipinski definition) is 4. The molecule has 2 heterocycles. The average molecular weight is 311 g/mol. The number of carbonyl (C=O) groups is 1. The SMILES string of the molecule is CCC(C)c1ccc2nc(NC(=O)c3cccnc3)sc2c1. The highest BCUT2D eigenvalue weighted by Crippen LogP contribution is 2.30. The van der Waals surface area contributed by atoms with Gasteiger partial charge in [-0.2, -0.15) is 0 Å². The Balaban J connectivity index is 1.84. The van der Waals surface area contributed by atoms with E-state index < -0.39 is 0 Å². The van der Waals surface area contributed by atoms with Crippen molar-refractivity contribution in [3.63, 3.8) is 0 Å². The predicted octanol–water partition coefficient (Wildman–Crippen LogP) is 4.46. The van der Waals surface area contributed by atoms with Crippen molar-refractivity contribution in [2.75, 3.05) is 5.32 Å². The lowest BCUT2D eigenvalue weighted by Crippen LogP contribution is -2.11. The quantitative estimate of drug-likeness (QED) is 0.774. The summed E-state index contributed by atoms with van der Waals surface area (Å²) < 4.78 is 1.10. The second-order valence-electron chi connectivity index (χ2n) is 5.25. The highest BCUT2D eigenvalue weighted by molar-refractivity contribution is 7.22. The van der Waals surface area contributed by atoms with Crippen LogP contribution in [0, 0.1) is 0 Å². The topological polar surface area (TPSA) is 54.9 Å². The number of benzene rings is 1. The maximum Gasteiger partial charge on any atom is 0.259 e. The van der Waals surface area contributed by atoms with Gasteiger partial charge in [-0.25, -0.2) is 4.98 Å².